The summed E-state index contributed by atoms with van der Waals surface area (Å²) in [5, 5.41) is 0.759. The van der Waals surface area contributed by atoms with E-state index in [0.717, 1.165) is 23.1 Å². The number of hydrogen-bond donors (Lipinski definition) is 0. The molecule has 8 heteroatoms. The Kier molecular flexibility index (Phi) is 6.84. The van der Waals surface area contributed by atoms with E-state index >= 15 is 0 Å². The Labute approximate surface area is 216 Å². The molecule has 1 aliphatic rings. The molecule has 0 spiro atoms. The van der Waals surface area contributed by atoms with Crippen LogP contribution in [0.2, 0.25) is 0 Å². The van der Waals surface area contributed by atoms with E-state index in [1.54, 1.807) is 54.6 Å². The van der Waals surface area contributed by atoms with Crippen molar-refractivity contribution in [2.75, 3.05) is 27.3 Å². The quantitative estimate of drug-likeness (QED) is 0.342. The van der Waals surface area contributed by atoms with Gasteiger partial charge in [-0.3, -0.25) is 9.78 Å². The minimum Gasteiger partial charge on any atom is -0.496 e. The summed E-state index contributed by atoms with van der Waals surface area (Å²) in [7, 11) is -0.565. The molecule has 0 saturated carbocycles. The van der Waals surface area contributed by atoms with Gasteiger partial charge in [0.15, 0.2) is 9.84 Å². The van der Waals surface area contributed by atoms with Gasteiger partial charge in [0.2, 0.25) is 0 Å². The highest BCUT2D eigenvalue weighted by Gasteiger charge is 2.32. The van der Waals surface area contributed by atoms with Crippen LogP contribution in [0.25, 0.3) is 10.9 Å². The number of ether oxygens (including phenoxy) is 2. The lowest BCUT2D eigenvalue weighted by Gasteiger charge is -2.39. The van der Waals surface area contributed by atoms with Gasteiger partial charge in [0, 0.05) is 35.8 Å². The first kappa shape index (κ1) is 24.8. The molecule has 0 radical (unpaired) electrons. The van der Waals surface area contributed by atoms with Crippen LogP contribution < -0.4 is 9.47 Å². The zero-order chi connectivity index (χ0) is 26.0. The molecular weight excluding hydrogens is 488 g/mol. The van der Waals surface area contributed by atoms with E-state index in [9.17, 15) is 13.2 Å². The molecule has 7 nitrogen and oxygen atoms in total. The molecule has 0 atom stereocenters. The second-order valence-electron chi connectivity index (χ2n) is 9.21. The Morgan fingerprint density at radius 1 is 0.919 bits per heavy atom. The SMILES string of the molecule is COc1ccccc1CC1CN(C(=O)c2ccc(CS(=O)(=O)c3cccc4cccnc34)c(OC)c2)C1. The zero-order valence-corrected chi connectivity index (χ0v) is 21.6. The fourth-order valence-electron chi connectivity index (χ4n) is 4.84. The van der Waals surface area contributed by atoms with Crippen molar-refractivity contribution in [3.8, 4) is 11.5 Å². The van der Waals surface area contributed by atoms with Crippen molar-refractivity contribution >= 4 is 26.6 Å². The highest BCUT2D eigenvalue weighted by Crippen LogP contribution is 2.31. The number of methoxy groups -OCH3 is 2. The molecule has 5 rings (SSSR count). The van der Waals surface area contributed by atoms with E-state index in [4.69, 9.17) is 9.47 Å². The number of carbonyl (C=O) groups excluding carboxylic acids is 1. The van der Waals surface area contributed by atoms with Crippen molar-refractivity contribution in [2.24, 2.45) is 5.92 Å². The number of aromatic nitrogens is 1. The van der Waals surface area contributed by atoms with Crippen LogP contribution in [0.1, 0.15) is 21.5 Å². The minimum absolute atomic E-state index is 0.0952. The number of rotatable bonds is 8. The molecular formula is C29H28N2O5S. The molecule has 37 heavy (non-hydrogen) atoms. The topological polar surface area (TPSA) is 85.8 Å². The number of benzene rings is 3. The lowest BCUT2D eigenvalue weighted by Crippen LogP contribution is -2.50. The number of nitrogens with zero attached hydrogens (tertiary/aromatic N) is 2. The summed E-state index contributed by atoms with van der Waals surface area (Å²) in [4.78, 5) is 19.4. The van der Waals surface area contributed by atoms with Crippen molar-refractivity contribution in [1.82, 2.24) is 9.88 Å². The summed E-state index contributed by atoms with van der Waals surface area (Å²) < 4.78 is 37.6. The summed E-state index contributed by atoms with van der Waals surface area (Å²) in [6, 6.07) is 21.6. The predicted octanol–water partition coefficient (Wildman–Crippen LogP) is 4.54. The summed E-state index contributed by atoms with van der Waals surface area (Å²) >= 11 is 0. The number of sulfone groups is 1. The standard InChI is InChI=1S/C29H28N2O5S/c1-35-25-10-4-3-7-22(25)15-20-17-31(18-20)29(32)23-12-13-24(26(16-23)36-2)19-37(33,34)27-11-5-8-21-9-6-14-30-28(21)27/h3-14,16,20H,15,17-19H2,1-2H3. The maximum absolute atomic E-state index is 13.3. The number of para-hydroxylation sites is 2. The monoisotopic (exact) mass is 516 g/mol. The third kappa shape index (κ3) is 5.02. The first-order valence-electron chi connectivity index (χ1n) is 12.0. The first-order valence-corrected chi connectivity index (χ1v) is 13.7. The maximum Gasteiger partial charge on any atom is 0.254 e. The number of carbonyl (C=O) groups is 1. The summed E-state index contributed by atoms with van der Waals surface area (Å²) in [5.41, 5.74) is 2.54. The molecule has 190 valence electrons. The number of pyridine rings is 1. The minimum atomic E-state index is -3.71. The van der Waals surface area contributed by atoms with Gasteiger partial charge < -0.3 is 14.4 Å². The lowest BCUT2D eigenvalue weighted by atomic mass is 9.91. The van der Waals surface area contributed by atoms with Crippen molar-refractivity contribution in [1.29, 1.82) is 0 Å². The molecule has 1 saturated heterocycles. The molecule has 1 aliphatic heterocycles. The molecule has 0 bridgehead atoms. The highest BCUT2D eigenvalue weighted by atomic mass is 32.2. The average molecular weight is 517 g/mol. The number of hydrogen-bond acceptors (Lipinski definition) is 6. The Hall–Kier alpha value is -3.91. The second kappa shape index (κ2) is 10.2. The molecule has 4 aromatic rings. The molecule has 0 unspecified atom stereocenters. The number of fused-ring (bicyclic) bond motifs is 1. The van der Waals surface area contributed by atoms with Crippen LogP contribution in [0.4, 0.5) is 0 Å². The molecule has 2 heterocycles. The summed E-state index contributed by atoms with van der Waals surface area (Å²) in [6.07, 6.45) is 2.43. The van der Waals surface area contributed by atoms with Crippen molar-refractivity contribution < 1.29 is 22.7 Å². The van der Waals surface area contributed by atoms with Crippen molar-refractivity contribution in [3.63, 3.8) is 0 Å². The number of amides is 1. The van der Waals surface area contributed by atoms with Crippen LogP contribution in [0, 0.1) is 5.92 Å². The van der Waals surface area contributed by atoms with E-state index in [-0.39, 0.29) is 16.6 Å². The van der Waals surface area contributed by atoms with Crippen LogP contribution in [0.5, 0.6) is 11.5 Å². The molecule has 0 aliphatic carbocycles. The van der Waals surface area contributed by atoms with Gasteiger partial charge in [0.25, 0.3) is 5.91 Å². The lowest BCUT2D eigenvalue weighted by molar-refractivity contribution is 0.0500. The van der Waals surface area contributed by atoms with Gasteiger partial charge in [0.1, 0.15) is 11.5 Å². The van der Waals surface area contributed by atoms with E-state index in [0.29, 0.717) is 41.4 Å². The molecule has 1 fully saturated rings. The summed E-state index contributed by atoms with van der Waals surface area (Å²) in [5.74, 6) is 1.24. The van der Waals surface area contributed by atoms with Crippen LogP contribution in [0.3, 0.4) is 0 Å². The van der Waals surface area contributed by atoms with E-state index in [1.165, 1.54) is 7.11 Å². The second-order valence-corrected chi connectivity index (χ2v) is 11.2. The van der Waals surface area contributed by atoms with Gasteiger partial charge in [-0.1, -0.05) is 42.5 Å². The summed E-state index contributed by atoms with van der Waals surface area (Å²) in [6.45, 7) is 1.31. The average Bonchev–Trinajstić information content (AvgIpc) is 2.90. The largest absolute Gasteiger partial charge is 0.496 e. The smallest absolute Gasteiger partial charge is 0.254 e. The first-order chi connectivity index (χ1) is 17.9. The Balaban J connectivity index is 1.29. The van der Waals surface area contributed by atoms with Crippen LogP contribution in [-0.2, 0) is 22.0 Å². The normalized spacial score (nSPS) is 13.8. The van der Waals surface area contributed by atoms with Crippen molar-refractivity contribution in [3.05, 3.63) is 95.7 Å². The fourth-order valence-corrected chi connectivity index (χ4v) is 6.39. The van der Waals surface area contributed by atoms with Gasteiger partial charge in [-0.05, 0) is 48.2 Å². The van der Waals surface area contributed by atoms with Crippen LogP contribution in [0.15, 0.2) is 83.9 Å². The van der Waals surface area contributed by atoms with Gasteiger partial charge >= 0.3 is 0 Å². The fraction of sp³-hybridized carbons (Fsp3) is 0.241. The molecule has 1 aromatic heterocycles. The maximum atomic E-state index is 13.3. The number of likely N-dealkylation sites (tertiary alicyclic amines) is 1. The van der Waals surface area contributed by atoms with Crippen LogP contribution >= 0.6 is 0 Å². The molecule has 3 aromatic carbocycles. The van der Waals surface area contributed by atoms with E-state index in [2.05, 4.69) is 11.1 Å². The van der Waals surface area contributed by atoms with Crippen LogP contribution in [-0.4, -0.2) is 51.5 Å². The third-order valence-electron chi connectivity index (χ3n) is 6.76. The third-order valence-corrected chi connectivity index (χ3v) is 8.45. The Morgan fingerprint density at radius 3 is 2.46 bits per heavy atom. The van der Waals surface area contributed by atoms with Crippen molar-refractivity contribution in [2.45, 2.75) is 17.1 Å². The Morgan fingerprint density at radius 2 is 1.68 bits per heavy atom. The predicted molar refractivity (Wildman–Crippen MR) is 142 cm³/mol. The molecule has 0 N–H and O–H groups in total. The van der Waals surface area contributed by atoms with Gasteiger partial charge in [0.05, 0.1) is 30.4 Å². The Bertz CT molecular complexity index is 1560. The van der Waals surface area contributed by atoms with Gasteiger partial charge in [-0.2, -0.15) is 0 Å². The zero-order valence-electron chi connectivity index (χ0n) is 20.8. The van der Waals surface area contributed by atoms with E-state index < -0.39 is 9.84 Å². The van der Waals surface area contributed by atoms with E-state index in [1.807, 2.05) is 30.3 Å². The highest BCUT2D eigenvalue weighted by molar-refractivity contribution is 7.90. The van der Waals surface area contributed by atoms with Gasteiger partial charge in [-0.15, -0.1) is 0 Å². The van der Waals surface area contributed by atoms with Gasteiger partial charge in [-0.25, -0.2) is 8.42 Å². The molecule has 1 amide bonds.